The fourth-order valence-electron chi connectivity index (χ4n) is 3.47. The lowest BCUT2D eigenvalue weighted by Crippen LogP contribution is -2.49. The van der Waals surface area contributed by atoms with E-state index in [1.165, 1.54) is 68.3 Å². The molecular formula is C21H36ClFN+. The van der Waals surface area contributed by atoms with Gasteiger partial charge in [-0.1, -0.05) is 36.6 Å². The van der Waals surface area contributed by atoms with E-state index < -0.39 is 0 Å². The predicted molar refractivity (Wildman–Crippen MR) is 105 cm³/mol. The van der Waals surface area contributed by atoms with Crippen LogP contribution in [0.4, 0.5) is 4.39 Å². The molecule has 1 rings (SSSR count). The summed E-state index contributed by atoms with van der Waals surface area (Å²) in [5, 5.41) is 0.818. The Balaban J connectivity index is 2.26. The van der Waals surface area contributed by atoms with Crippen LogP contribution in [0.2, 0.25) is 5.02 Å². The highest BCUT2D eigenvalue weighted by Gasteiger charge is 2.21. The minimum Gasteiger partial charge on any atom is -0.324 e. The maximum absolute atomic E-state index is 12.1. The first-order valence-corrected chi connectivity index (χ1v) is 10.2. The zero-order chi connectivity index (χ0) is 17.7. The number of alkyl halides is 1. The van der Waals surface area contributed by atoms with Gasteiger partial charge in [-0.05, 0) is 70.1 Å². The maximum Gasteiger partial charge on any atom is 0.0894 e. The van der Waals surface area contributed by atoms with Crippen LogP contribution in [0.1, 0.15) is 64.4 Å². The van der Waals surface area contributed by atoms with Gasteiger partial charge in [0.1, 0.15) is 0 Å². The number of nitrogens with zero attached hydrogens (tertiary/aromatic N) is 1. The van der Waals surface area contributed by atoms with Gasteiger partial charge in [0.2, 0.25) is 0 Å². The normalized spacial score (nSPS) is 11.8. The second-order valence-electron chi connectivity index (χ2n) is 6.96. The summed E-state index contributed by atoms with van der Waals surface area (Å²) in [6, 6.07) is 8.25. The number of halogens is 2. The first-order valence-electron chi connectivity index (χ1n) is 9.81. The highest BCUT2D eigenvalue weighted by atomic mass is 35.5. The molecule has 0 spiro atoms. The third kappa shape index (κ3) is 8.48. The van der Waals surface area contributed by atoms with Gasteiger partial charge >= 0.3 is 0 Å². The molecule has 0 N–H and O–H groups in total. The second kappa shape index (κ2) is 12.7. The van der Waals surface area contributed by atoms with E-state index in [4.69, 9.17) is 11.6 Å². The van der Waals surface area contributed by atoms with Gasteiger partial charge < -0.3 is 4.48 Å². The molecule has 1 nitrogen and oxygen atoms in total. The van der Waals surface area contributed by atoms with Gasteiger partial charge in [0, 0.05) is 5.02 Å². The van der Waals surface area contributed by atoms with Crippen molar-refractivity contribution in [1.82, 2.24) is 0 Å². The van der Waals surface area contributed by atoms with Crippen molar-refractivity contribution in [1.29, 1.82) is 0 Å². The smallest absolute Gasteiger partial charge is 0.0894 e. The minimum absolute atomic E-state index is 0.155. The number of hydrogen-bond donors (Lipinski definition) is 0. The fourth-order valence-corrected chi connectivity index (χ4v) is 3.59. The first kappa shape index (κ1) is 21.4. The summed E-state index contributed by atoms with van der Waals surface area (Å²) in [5.74, 6) is 0. The highest BCUT2D eigenvalue weighted by Crippen LogP contribution is 2.16. The Kier molecular flexibility index (Phi) is 11.4. The third-order valence-electron chi connectivity index (χ3n) is 5.37. The quantitative estimate of drug-likeness (QED) is 0.266. The van der Waals surface area contributed by atoms with E-state index in [0.717, 1.165) is 24.3 Å². The Morgan fingerprint density at radius 1 is 0.792 bits per heavy atom. The second-order valence-corrected chi connectivity index (χ2v) is 7.40. The van der Waals surface area contributed by atoms with Crippen molar-refractivity contribution in [2.24, 2.45) is 0 Å². The lowest BCUT2D eigenvalue weighted by molar-refractivity contribution is -0.925. The summed E-state index contributed by atoms with van der Waals surface area (Å²) in [5.41, 5.74) is 1.39. The summed E-state index contributed by atoms with van der Waals surface area (Å²) >= 11 is 5.94. The van der Waals surface area contributed by atoms with Gasteiger partial charge in [-0.15, -0.1) is 0 Å². The third-order valence-corrected chi connectivity index (χ3v) is 5.62. The molecule has 0 saturated carbocycles. The van der Waals surface area contributed by atoms with Gasteiger partial charge in [0.05, 0.1) is 32.9 Å². The van der Waals surface area contributed by atoms with Crippen LogP contribution in [-0.2, 0) is 6.42 Å². The average molecular weight is 357 g/mol. The Hall–Kier alpha value is -0.600. The molecule has 138 valence electrons. The van der Waals surface area contributed by atoms with Crippen molar-refractivity contribution in [3.05, 3.63) is 34.9 Å². The molecule has 0 aliphatic rings. The Bertz CT molecular complexity index is 414. The van der Waals surface area contributed by atoms with E-state index in [9.17, 15) is 4.39 Å². The summed E-state index contributed by atoms with van der Waals surface area (Å²) in [6.07, 6.45) is 9.20. The molecule has 0 saturated heterocycles. The molecule has 0 atom stereocenters. The van der Waals surface area contributed by atoms with Crippen LogP contribution in [0, 0.1) is 0 Å². The Morgan fingerprint density at radius 2 is 1.33 bits per heavy atom. The van der Waals surface area contributed by atoms with Gasteiger partial charge in [0.25, 0.3) is 0 Å². The van der Waals surface area contributed by atoms with Gasteiger partial charge in [0.15, 0.2) is 0 Å². The van der Waals surface area contributed by atoms with Gasteiger partial charge in [-0.25, -0.2) is 0 Å². The van der Waals surface area contributed by atoms with Crippen molar-refractivity contribution in [3.63, 3.8) is 0 Å². The van der Waals surface area contributed by atoms with E-state index in [-0.39, 0.29) is 6.67 Å². The first-order chi connectivity index (χ1) is 11.7. The lowest BCUT2D eigenvalue weighted by Gasteiger charge is -2.37. The molecule has 0 aromatic heterocycles. The number of unbranched alkanes of at least 4 members (excludes halogenated alkanes) is 5. The molecule has 0 aliphatic carbocycles. The van der Waals surface area contributed by atoms with E-state index in [2.05, 4.69) is 26.0 Å². The SMILES string of the molecule is CC[N+](CC)(CCCCCCCF)CCCCc1ccc(Cl)cc1. The van der Waals surface area contributed by atoms with Crippen molar-refractivity contribution in [3.8, 4) is 0 Å². The summed E-state index contributed by atoms with van der Waals surface area (Å²) in [7, 11) is 0. The maximum atomic E-state index is 12.1. The number of rotatable bonds is 14. The summed E-state index contributed by atoms with van der Waals surface area (Å²) < 4.78 is 13.3. The molecule has 0 heterocycles. The topological polar surface area (TPSA) is 0 Å². The molecule has 3 heteroatoms. The lowest BCUT2D eigenvalue weighted by atomic mass is 10.1. The van der Waals surface area contributed by atoms with Crippen molar-refractivity contribution >= 4 is 11.6 Å². The molecule has 1 aromatic rings. The van der Waals surface area contributed by atoms with Gasteiger partial charge in [-0.2, -0.15) is 0 Å². The van der Waals surface area contributed by atoms with Crippen LogP contribution in [0.3, 0.4) is 0 Å². The van der Waals surface area contributed by atoms with Crippen LogP contribution in [0.5, 0.6) is 0 Å². The Labute approximate surface area is 153 Å². The number of aryl methyl sites for hydroxylation is 1. The highest BCUT2D eigenvalue weighted by molar-refractivity contribution is 6.30. The van der Waals surface area contributed by atoms with Crippen LogP contribution >= 0.6 is 11.6 Å². The standard InChI is InChI=1S/C21H36ClFN/c1-3-24(4-2,18-10-7-5-6-9-17-23)19-11-8-12-20-13-15-21(22)16-14-20/h13-16H,3-12,17-19H2,1-2H3/q+1. The van der Waals surface area contributed by atoms with Crippen molar-refractivity contribution in [2.75, 3.05) is 32.9 Å². The van der Waals surface area contributed by atoms with E-state index >= 15 is 0 Å². The Morgan fingerprint density at radius 3 is 1.92 bits per heavy atom. The molecule has 0 radical (unpaired) electrons. The summed E-state index contributed by atoms with van der Waals surface area (Å²) in [4.78, 5) is 0. The number of quaternary nitrogens is 1. The van der Waals surface area contributed by atoms with Crippen LogP contribution in [-0.4, -0.2) is 37.3 Å². The monoisotopic (exact) mass is 356 g/mol. The minimum atomic E-state index is -0.155. The van der Waals surface area contributed by atoms with E-state index in [1.54, 1.807) is 0 Å². The number of benzene rings is 1. The molecule has 0 amide bonds. The molecule has 0 fully saturated rings. The van der Waals surface area contributed by atoms with Crippen LogP contribution < -0.4 is 0 Å². The fraction of sp³-hybridized carbons (Fsp3) is 0.714. The largest absolute Gasteiger partial charge is 0.324 e. The average Bonchev–Trinajstić information content (AvgIpc) is 2.61. The molecule has 0 aliphatic heterocycles. The van der Waals surface area contributed by atoms with Crippen molar-refractivity contribution in [2.45, 2.75) is 65.2 Å². The van der Waals surface area contributed by atoms with Crippen LogP contribution in [0.15, 0.2) is 24.3 Å². The van der Waals surface area contributed by atoms with Gasteiger partial charge in [-0.3, -0.25) is 4.39 Å². The predicted octanol–water partition coefficient (Wildman–Crippen LogP) is 6.44. The molecule has 0 bridgehead atoms. The molecule has 1 aromatic carbocycles. The zero-order valence-corrected chi connectivity index (χ0v) is 16.5. The van der Waals surface area contributed by atoms with E-state index in [1.807, 2.05) is 12.1 Å². The molecule has 0 unspecified atom stereocenters. The zero-order valence-electron chi connectivity index (χ0n) is 15.7. The molecule has 24 heavy (non-hydrogen) atoms. The summed E-state index contributed by atoms with van der Waals surface area (Å²) in [6.45, 7) is 9.51. The van der Waals surface area contributed by atoms with Crippen LogP contribution in [0.25, 0.3) is 0 Å². The van der Waals surface area contributed by atoms with E-state index in [0.29, 0.717) is 0 Å². The van der Waals surface area contributed by atoms with Crippen molar-refractivity contribution < 1.29 is 8.87 Å². The number of hydrogen-bond acceptors (Lipinski definition) is 0. The molecular weight excluding hydrogens is 321 g/mol.